The van der Waals surface area contributed by atoms with E-state index < -0.39 is 0 Å². The van der Waals surface area contributed by atoms with Gasteiger partial charge in [0.05, 0.1) is 14.2 Å². The van der Waals surface area contributed by atoms with Crippen LogP contribution in [0.15, 0.2) is 23.6 Å². The molecule has 0 atom stereocenters. The van der Waals surface area contributed by atoms with Gasteiger partial charge in [-0.2, -0.15) is 0 Å². The molecule has 0 unspecified atom stereocenters. The van der Waals surface area contributed by atoms with Gasteiger partial charge < -0.3 is 14.8 Å². The zero-order valence-corrected chi connectivity index (χ0v) is 14.0. The fourth-order valence-electron chi connectivity index (χ4n) is 1.97. The highest BCUT2D eigenvalue weighted by Gasteiger charge is 2.10. The fourth-order valence-corrected chi connectivity index (χ4v) is 2.73. The number of hydrogen-bond donors (Lipinski definition) is 1. The Morgan fingerprint density at radius 1 is 1.22 bits per heavy atom. The highest BCUT2D eigenvalue weighted by molar-refractivity contribution is 7.14. The zero-order chi connectivity index (χ0) is 16.8. The van der Waals surface area contributed by atoms with Crippen molar-refractivity contribution in [2.75, 3.05) is 19.5 Å². The number of thiazole rings is 1. The lowest BCUT2D eigenvalue weighted by Gasteiger charge is -2.09. The molecule has 1 aromatic carbocycles. The lowest BCUT2D eigenvalue weighted by atomic mass is 10.1. The first kappa shape index (κ1) is 17.0. The van der Waals surface area contributed by atoms with Crippen LogP contribution in [0.5, 0.6) is 11.5 Å². The van der Waals surface area contributed by atoms with Crippen LogP contribution in [0.2, 0.25) is 0 Å². The van der Waals surface area contributed by atoms with E-state index >= 15 is 0 Å². The standard InChI is InChI=1S/C16H18N2O4S/c1-10(19)12-9-23-16(17-12)18-15(20)7-5-11-4-6-13(21-2)14(8-11)22-3/h4,6,8-9H,5,7H2,1-3H3,(H,17,18,20). The number of carbonyl (C=O) groups is 2. The number of anilines is 1. The van der Waals surface area contributed by atoms with E-state index in [4.69, 9.17) is 9.47 Å². The summed E-state index contributed by atoms with van der Waals surface area (Å²) in [4.78, 5) is 27.2. The van der Waals surface area contributed by atoms with Crippen LogP contribution >= 0.6 is 11.3 Å². The number of amides is 1. The van der Waals surface area contributed by atoms with Crippen molar-refractivity contribution in [3.63, 3.8) is 0 Å². The lowest BCUT2D eigenvalue weighted by molar-refractivity contribution is -0.116. The van der Waals surface area contributed by atoms with Crippen molar-refractivity contribution in [2.45, 2.75) is 19.8 Å². The maximum absolute atomic E-state index is 12.0. The van der Waals surface area contributed by atoms with E-state index in [0.29, 0.717) is 35.2 Å². The third-order valence-electron chi connectivity index (χ3n) is 3.20. The molecule has 6 nitrogen and oxygen atoms in total. The molecule has 0 saturated carbocycles. The summed E-state index contributed by atoms with van der Waals surface area (Å²) in [6, 6.07) is 5.56. The van der Waals surface area contributed by atoms with Crippen molar-refractivity contribution >= 4 is 28.2 Å². The first-order valence-electron chi connectivity index (χ1n) is 7.00. The van der Waals surface area contributed by atoms with Crippen molar-refractivity contribution in [3.05, 3.63) is 34.8 Å². The van der Waals surface area contributed by atoms with E-state index in [0.717, 1.165) is 5.56 Å². The van der Waals surface area contributed by atoms with E-state index in [1.165, 1.54) is 18.3 Å². The zero-order valence-electron chi connectivity index (χ0n) is 13.2. The van der Waals surface area contributed by atoms with Gasteiger partial charge in [-0.3, -0.25) is 9.59 Å². The third-order valence-corrected chi connectivity index (χ3v) is 3.96. The van der Waals surface area contributed by atoms with Crippen molar-refractivity contribution in [3.8, 4) is 11.5 Å². The first-order valence-corrected chi connectivity index (χ1v) is 7.88. The largest absolute Gasteiger partial charge is 0.493 e. The molecule has 0 bridgehead atoms. The van der Waals surface area contributed by atoms with Crippen LogP contribution in [0.3, 0.4) is 0 Å². The van der Waals surface area contributed by atoms with E-state index in [-0.39, 0.29) is 11.7 Å². The Morgan fingerprint density at radius 3 is 2.57 bits per heavy atom. The third kappa shape index (κ3) is 4.53. The molecule has 7 heteroatoms. The number of nitrogens with zero attached hydrogens (tertiary/aromatic N) is 1. The summed E-state index contributed by atoms with van der Waals surface area (Å²) in [6.45, 7) is 1.44. The molecular weight excluding hydrogens is 316 g/mol. The summed E-state index contributed by atoms with van der Waals surface area (Å²) in [5, 5.41) is 4.77. The molecule has 1 N–H and O–H groups in total. The highest BCUT2D eigenvalue weighted by Crippen LogP contribution is 2.28. The normalized spacial score (nSPS) is 10.2. The average Bonchev–Trinajstić information content (AvgIpc) is 3.01. The molecule has 0 aliphatic heterocycles. The van der Waals surface area contributed by atoms with Gasteiger partial charge >= 0.3 is 0 Å². The number of nitrogens with one attached hydrogen (secondary N) is 1. The molecule has 0 spiro atoms. The van der Waals surface area contributed by atoms with Gasteiger partial charge in [-0.15, -0.1) is 11.3 Å². The molecule has 2 aromatic rings. The molecule has 1 aromatic heterocycles. The number of rotatable bonds is 7. The number of ketones is 1. The van der Waals surface area contributed by atoms with Crippen LogP contribution in [-0.2, 0) is 11.2 Å². The summed E-state index contributed by atoms with van der Waals surface area (Å²) >= 11 is 1.24. The number of methoxy groups -OCH3 is 2. The number of carbonyl (C=O) groups excluding carboxylic acids is 2. The van der Waals surface area contributed by atoms with Gasteiger partial charge in [-0.05, 0) is 24.1 Å². The molecule has 23 heavy (non-hydrogen) atoms. The fraction of sp³-hybridized carbons (Fsp3) is 0.312. The van der Waals surface area contributed by atoms with Crippen LogP contribution < -0.4 is 14.8 Å². The van der Waals surface area contributed by atoms with Crippen molar-refractivity contribution in [1.29, 1.82) is 0 Å². The topological polar surface area (TPSA) is 77.5 Å². The van der Waals surface area contributed by atoms with E-state index in [1.54, 1.807) is 19.6 Å². The van der Waals surface area contributed by atoms with Crippen LogP contribution in [0.4, 0.5) is 5.13 Å². The molecule has 2 rings (SSSR count). The molecule has 122 valence electrons. The SMILES string of the molecule is COc1ccc(CCC(=O)Nc2nc(C(C)=O)cs2)cc1OC. The minimum atomic E-state index is -0.149. The molecule has 0 aliphatic rings. The molecule has 0 fully saturated rings. The molecule has 1 heterocycles. The second-order valence-corrected chi connectivity index (χ2v) is 5.69. The monoisotopic (exact) mass is 334 g/mol. The van der Waals surface area contributed by atoms with Crippen molar-refractivity contribution in [1.82, 2.24) is 4.98 Å². The summed E-state index contributed by atoms with van der Waals surface area (Å²) in [5.74, 6) is 1.02. The predicted molar refractivity (Wildman–Crippen MR) is 88.6 cm³/mol. The Labute approximate surface area is 138 Å². The molecular formula is C16H18N2O4S. The number of aromatic nitrogens is 1. The lowest BCUT2D eigenvalue weighted by Crippen LogP contribution is -2.12. The minimum Gasteiger partial charge on any atom is -0.493 e. The Hall–Kier alpha value is -2.41. The molecule has 1 amide bonds. The number of Topliss-reactive ketones (excluding diaryl/α,β-unsaturated/α-hetero) is 1. The Kier molecular flexibility index (Phi) is 5.70. The summed E-state index contributed by atoms with van der Waals surface area (Å²) < 4.78 is 10.4. The second-order valence-electron chi connectivity index (χ2n) is 4.83. The average molecular weight is 334 g/mol. The maximum Gasteiger partial charge on any atom is 0.226 e. The number of ether oxygens (including phenoxy) is 2. The summed E-state index contributed by atoms with van der Waals surface area (Å²) in [5.41, 5.74) is 1.34. The van der Waals surface area contributed by atoms with Crippen LogP contribution in [0, 0.1) is 0 Å². The maximum atomic E-state index is 12.0. The van der Waals surface area contributed by atoms with Gasteiger partial charge in [0.15, 0.2) is 22.4 Å². The summed E-state index contributed by atoms with van der Waals surface area (Å²) in [7, 11) is 3.15. The Balaban J connectivity index is 1.92. The van der Waals surface area contributed by atoms with Gasteiger partial charge in [0, 0.05) is 18.7 Å². The molecule has 0 radical (unpaired) electrons. The second kappa shape index (κ2) is 7.73. The highest BCUT2D eigenvalue weighted by atomic mass is 32.1. The van der Waals surface area contributed by atoms with Gasteiger partial charge in [0.1, 0.15) is 5.69 Å². The van der Waals surface area contributed by atoms with Gasteiger partial charge in [-0.1, -0.05) is 6.07 Å². The quantitative estimate of drug-likeness (QED) is 0.788. The van der Waals surface area contributed by atoms with Gasteiger partial charge in [0.25, 0.3) is 0 Å². The smallest absolute Gasteiger partial charge is 0.226 e. The van der Waals surface area contributed by atoms with Crippen molar-refractivity contribution in [2.24, 2.45) is 0 Å². The molecule has 0 aliphatic carbocycles. The Morgan fingerprint density at radius 2 is 1.96 bits per heavy atom. The van der Waals surface area contributed by atoms with E-state index in [1.807, 2.05) is 18.2 Å². The van der Waals surface area contributed by atoms with Crippen LogP contribution in [-0.4, -0.2) is 30.9 Å². The minimum absolute atomic E-state index is 0.118. The Bertz CT molecular complexity index is 712. The first-order chi connectivity index (χ1) is 11.0. The van der Waals surface area contributed by atoms with Crippen LogP contribution in [0.1, 0.15) is 29.4 Å². The summed E-state index contributed by atoms with van der Waals surface area (Å²) in [6.07, 6.45) is 0.877. The molecule has 0 saturated heterocycles. The number of hydrogen-bond acceptors (Lipinski definition) is 6. The van der Waals surface area contributed by atoms with Gasteiger partial charge in [0.2, 0.25) is 5.91 Å². The van der Waals surface area contributed by atoms with Crippen LogP contribution in [0.25, 0.3) is 0 Å². The predicted octanol–water partition coefficient (Wildman–Crippen LogP) is 2.93. The van der Waals surface area contributed by atoms with E-state index in [9.17, 15) is 9.59 Å². The van der Waals surface area contributed by atoms with Gasteiger partial charge in [-0.25, -0.2) is 4.98 Å². The number of benzene rings is 1. The van der Waals surface area contributed by atoms with Crippen molar-refractivity contribution < 1.29 is 19.1 Å². The number of aryl methyl sites for hydroxylation is 1. The van der Waals surface area contributed by atoms with E-state index in [2.05, 4.69) is 10.3 Å².